The summed E-state index contributed by atoms with van der Waals surface area (Å²) in [6, 6.07) is 4.61. The Hall–Kier alpha value is -1.47. The summed E-state index contributed by atoms with van der Waals surface area (Å²) < 4.78 is 0.571. The maximum atomic E-state index is 11.8. The van der Waals surface area contributed by atoms with Gasteiger partial charge in [0.2, 0.25) is 5.91 Å². The number of nitro benzene ring substituents is 1. The van der Waals surface area contributed by atoms with Crippen LogP contribution < -0.4 is 10.6 Å². The average molecular weight is 344 g/mol. The molecule has 0 spiro atoms. The lowest BCUT2D eigenvalue weighted by Gasteiger charge is -2.13. The van der Waals surface area contributed by atoms with Gasteiger partial charge in [-0.05, 0) is 19.0 Å². The summed E-state index contributed by atoms with van der Waals surface area (Å²) in [5.74, 6) is -0.107. The van der Waals surface area contributed by atoms with Gasteiger partial charge in [-0.1, -0.05) is 28.9 Å². The fourth-order valence-electron chi connectivity index (χ4n) is 1.72. The number of likely N-dealkylation sites (N-methyl/N-ethyl adjacent to an activating group) is 1. The number of non-ortho nitro benzene ring substituents is 1. The summed E-state index contributed by atoms with van der Waals surface area (Å²) >= 11 is 3.25. The summed E-state index contributed by atoms with van der Waals surface area (Å²) in [5.41, 5.74) is 0.728. The van der Waals surface area contributed by atoms with E-state index >= 15 is 0 Å². The molecule has 6 nitrogen and oxygen atoms in total. The molecule has 7 heteroatoms. The topological polar surface area (TPSA) is 84.3 Å². The van der Waals surface area contributed by atoms with Gasteiger partial charge >= 0.3 is 0 Å². The van der Waals surface area contributed by atoms with Crippen molar-refractivity contribution >= 4 is 27.5 Å². The van der Waals surface area contributed by atoms with Gasteiger partial charge in [-0.25, -0.2) is 0 Å². The molecule has 1 amide bonds. The predicted octanol–water partition coefficient (Wildman–Crippen LogP) is 2.01. The zero-order valence-electron chi connectivity index (χ0n) is 11.5. The van der Waals surface area contributed by atoms with Crippen LogP contribution in [0.25, 0.3) is 0 Å². The number of carbonyl (C=O) groups is 1. The molecule has 0 aliphatic rings. The third kappa shape index (κ3) is 5.26. The van der Waals surface area contributed by atoms with Crippen molar-refractivity contribution in [1.29, 1.82) is 0 Å². The Balaban J connectivity index is 2.56. The van der Waals surface area contributed by atoms with E-state index in [2.05, 4.69) is 26.6 Å². The van der Waals surface area contributed by atoms with Crippen LogP contribution in [0.15, 0.2) is 22.7 Å². The third-order valence-corrected chi connectivity index (χ3v) is 3.49. The van der Waals surface area contributed by atoms with Crippen LogP contribution in [0.2, 0.25) is 0 Å². The average Bonchev–Trinajstić information content (AvgIpc) is 2.39. The lowest BCUT2D eigenvalue weighted by Crippen LogP contribution is -2.39. The fourth-order valence-corrected chi connectivity index (χ4v) is 2.22. The normalized spacial score (nSPS) is 11.9. The third-order valence-electron chi connectivity index (χ3n) is 2.76. The second kappa shape index (κ2) is 7.96. The van der Waals surface area contributed by atoms with E-state index in [-0.39, 0.29) is 24.1 Å². The molecule has 0 aromatic heterocycles. The molecular formula is C13H18BrN3O3. The molecular weight excluding hydrogens is 326 g/mol. The second-order valence-electron chi connectivity index (χ2n) is 4.47. The molecule has 0 unspecified atom stereocenters. The van der Waals surface area contributed by atoms with Crippen molar-refractivity contribution in [1.82, 2.24) is 10.6 Å². The highest BCUT2D eigenvalue weighted by Gasteiger charge is 2.12. The number of hydrogen-bond donors (Lipinski definition) is 2. The van der Waals surface area contributed by atoms with Crippen molar-refractivity contribution in [3.63, 3.8) is 0 Å². The van der Waals surface area contributed by atoms with Gasteiger partial charge in [-0.3, -0.25) is 14.9 Å². The lowest BCUT2D eigenvalue weighted by molar-refractivity contribution is -0.384. The number of benzene rings is 1. The highest BCUT2D eigenvalue weighted by molar-refractivity contribution is 9.10. The first-order valence-corrected chi connectivity index (χ1v) is 7.16. The molecule has 0 aliphatic carbocycles. The van der Waals surface area contributed by atoms with E-state index in [1.807, 2.05) is 13.8 Å². The van der Waals surface area contributed by atoms with Crippen LogP contribution in [-0.4, -0.2) is 30.0 Å². The Labute approximate surface area is 126 Å². The number of nitrogens with zero attached hydrogens (tertiary/aromatic N) is 1. The number of rotatable bonds is 7. The van der Waals surface area contributed by atoms with Gasteiger partial charge in [0, 0.05) is 29.2 Å². The van der Waals surface area contributed by atoms with Crippen LogP contribution in [0.4, 0.5) is 5.69 Å². The molecule has 1 aromatic carbocycles. The van der Waals surface area contributed by atoms with Crippen LogP contribution in [-0.2, 0) is 11.2 Å². The minimum atomic E-state index is -0.466. The Bertz CT molecular complexity index is 494. The van der Waals surface area contributed by atoms with Crippen LogP contribution in [0, 0.1) is 10.1 Å². The highest BCUT2D eigenvalue weighted by Crippen LogP contribution is 2.23. The number of halogens is 1. The Morgan fingerprint density at radius 2 is 2.20 bits per heavy atom. The van der Waals surface area contributed by atoms with Gasteiger partial charge in [-0.2, -0.15) is 0 Å². The van der Waals surface area contributed by atoms with Gasteiger partial charge < -0.3 is 10.6 Å². The summed E-state index contributed by atoms with van der Waals surface area (Å²) in [5, 5.41) is 16.6. The SMILES string of the molecule is CCN[C@H](C)CNC(=O)Cc1ccc([N+](=O)[O-])cc1Br. The summed E-state index contributed by atoms with van der Waals surface area (Å²) in [4.78, 5) is 22.0. The van der Waals surface area contributed by atoms with Gasteiger partial charge in [0.15, 0.2) is 0 Å². The number of amides is 1. The quantitative estimate of drug-likeness (QED) is 0.585. The van der Waals surface area contributed by atoms with Crippen LogP contribution in [0.5, 0.6) is 0 Å². The lowest BCUT2D eigenvalue weighted by atomic mass is 10.1. The Morgan fingerprint density at radius 3 is 2.75 bits per heavy atom. The first-order valence-electron chi connectivity index (χ1n) is 6.37. The molecule has 0 saturated heterocycles. The second-order valence-corrected chi connectivity index (χ2v) is 5.33. The summed E-state index contributed by atoms with van der Waals surface area (Å²) in [7, 11) is 0. The number of nitro groups is 1. The van der Waals surface area contributed by atoms with Gasteiger partial charge in [0.05, 0.1) is 11.3 Å². The smallest absolute Gasteiger partial charge is 0.270 e. The van der Waals surface area contributed by atoms with Crippen LogP contribution in [0.1, 0.15) is 19.4 Å². The van der Waals surface area contributed by atoms with E-state index in [9.17, 15) is 14.9 Å². The van der Waals surface area contributed by atoms with Gasteiger partial charge in [0.1, 0.15) is 0 Å². The van der Waals surface area contributed by atoms with Crippen molar-refractivity contribution in [3.05, 3.63) is 38.3 Å². The monoisotopic (exact) mass is 343 g/mol. The maximum absolute atomic E-state index is 11.8. The number of hydrogen-bond acceptors (Lipinski definition) is 4. The Kier molecular flexibility index (Phi) is 6.60. The molecule has 0 aliphatic heterocycles. The van der Waals surface area contributed by atoms with E-state index in [1.165, 1.54) is 12.1 Å². The molecule has 0 fully saturated rings. The molecule has 1 atom stereocenters. The summed E-state index contributed by atoms with van der Waals surface area (Å²) in [6.45, 7) is 5.40. The van der Waals surface area contributed by atoms with E-state index in [4.69, 9.17) is 0 Å². The van der Waals surface area contributed by atoms with E-state index in [0.717, 1.165) is 12.1 Å². The summed E-state index contributed by atoms with van der Waals surface area (Å²) in [6.07, 6.45) is 0.192. The van der Waals surface area contributed by atoms with Crippen molar-refractivity contribution in [2.75, 3.05) is 13.1 Å². The Morgan fingerprint density at radius 1 is 1.50 bits per heavy atom. The van der Waals surface area contributed by atoms with Crippen molar-refractivity contribution in [2.24, 2.45) is 0 Å². The predicted molar refractivity (Wildman–Crippen MR) is 80.6 cm³/mol. The van der Waals surface area contributed by atoms with Crippen LogP contribution in [0.3, 0.4) is 0 Å². The van der Waals surface area contributed by atoms with Gasteiger partial charge in [0.25, 0.3) is 5.69 Å². The van der Waals surface area contributed by atoms with Crippen molar-refractivity contribution in [3.8, 4) is 0 Å². The molecule has 0 heterocycles. The first kappa shape index (κ1) is 16.6. The zero-order chi connectivity index (χ0) is 15.1. The van der Waals surface area contributed by atoms with E-state index in [1.54, 1.807) is 6.07 Å². The number of nitrogens with one attached hydrogen (secondary N) is 2. The maximum Gasteiger partial charge on any atom is 0.270 e. The number of carbonyl (C=O) groups excluding carboxylic acids is 1. The molecule has 20 heavy (non-hydrogen) atoms. The standard InChI is InChI=1S/C13H18BrN3O3/c1-3-15-9(2)8-16-13(18)6-10-4-5-11(17(19)20)7-12(10)14/h4-5,7,9,15H,3,6,8H2,1-2H3,(H,16,18)/t9-/m1/s1. The minimum absolute atomic E-state index is 0.00167. The first-order chi connectivity index (χ1) is 9.43. The molecule has 0 saturated carbocycles. The minimum Gasteiger partial charge on any atom is -0.354 e. The van der Waals surface area contributed by atoms with Crippen molar-refractivity contribution in [2.45, 2.75) is 26.3 Å². The molecule has 1 rings (SSSR count). The highest BCUT2D eigenvalue weighted by atomic mass is 79.9. The molecule has 0 radical (unpaired) electrons. The van der Waals surface area contributed by atoms with Gasteiger partial charge in [-0.15, -0.1) is 0 Å². The van der Waals surface area contributed by atoms with E-state index in [0.29, 0.717) is 11.0 Å². The van der Waals surface area contributed by atoms with E-state index < -0.39 is 4.92 Å². The molecule has 1 aromatic rings. The largest absolute Gasteiger partial charge is 0.354 e. The zero-order valence-corrected chi connectivity index (χ0v) is 13.1. The molecule has 110 valence electrons. The molecule has 0 bridgehead atoms. The fraction of sp³-hybridized carbons (Fsp3) is 0.462. The van der Waals surface area contributed by atoms with Crippen molar-refractivity contribution < 1.29 is 9.72 Å². The van der Waals surface area contributed by atoms with Crippen LogP contribution >= 0.6 is 15.9 Å². The molecule has 2 N–H and O–H groups in total.